The summed E-state index contributed by atoms with van der Waals surface area (Å²) in [6.07, 6.45) is -2.18. The number of benzene rings is 1. The molecule has 0 fully saturated rings. The summed E-state index contributed by atoms with van der Waals surface area (Å²) in [6, 6.07) is 7.92. The van der Waals surface area contributed by atoms with E-state index in [0.29, 0.717) is 23.1 Å². The predicted molar refractivity (Wildman–Crippen MR) is 106 cm³/mol. The summed E-state index contributed by atoms with van der Waals surface area (Å²) in [6.45, 7) is 1.71. The molecule has 2 aromatic rings. The van der Waals surface area contributed by atoms with Gasteiger partial charge in [0.1, 0.15) is 19.5 Å². The summed E-state index contributed by atoms with van der Waals surface area (Å²) < 4.78 is 43.2. The Hall–Kier alpha value is -3.43. The third kappa shape index (κ3) is 7.40. The lowest BCUT2D eigenvalue weighted by atomic mass is 10.1. The highest BCUT2D eigenvalue weighted by atomic mass is 19.4. The first-order chi connectivity index (χ1) is 14.7. The van der Waals surface area contributed by atoms with Gasteiger partial charge in [-0.3, -0.25) is 4.79 Å². The van der Waals surface area contributed by atoms with Crippen LogP contribution in [0.2, 0.25) is 0 Å². The van der Waals surface area contributed by atoms with Crippen molar-refractivity contribution in [3.8, 4) is 5.88 Å². The molecule has 0 radical (unpaired) electrons. The van der Waals surface area contributed by atoms with E-state index in [0.717, 1.165) is 12.1 Å². The molecule has 0 bridgehead atoms. The van der Waals surface area contributed by atoms with Crippen LogP contribution < -0.4 is 10.1 Å². The lowest BCUT2D eigenvalue weighted by Crippen LogP contribution is -2.31. The van der Waals surface area contributed by atoms with Crippen LogP contribution >= 0.6 is 0 Å². The molecule has 1 unspecified atom stereocenters. The molecule has 1 N–H and O–H groups in total. The molecule has 0 aliphatic rings. The molecule has 1 aromatic carbocycles. The molecule has 0 saturated heterocycles. The highest BCUT2D eigenvalue weighted by molar-refractivity contribution is 5.98. The third-order valence-electron chi connectivity index (χ3n) is 4.30. The number of nitrogens with zero attached hydrogens (tertiary/aromatic N) is 2. The topological polar surface area (TPSA) is 89.9 Å². The predicted octanol–water partition coefficient (Wildman–Crippen LogP) is 3.37. The maximum Gasteiger partial charge on any atom is 0.416 e. The molecular formula is C21H22F3N3O4. The molecule has 10 heteroatoms. The minimum absolute atomic E-state index is 0.00801. The van der Waals surface area contributed by atoms with Crippen LogP contribution in [0.15, 0.2) is 47.8 Å². The van der Waals surface area contributed by atoms with Crippen molar-refractivity contribution in [2.24, 2.45) is 11.1 Å². The number of amides is 1. The fourth-order valence-corrected chi connectivity index (χ4v) is 2.48. The van der Waals surface area contributed by atoms with Crippen LogP contribution in [0.4, 0.5) is 13.2 Å². The minimum atomic E-state index is -4.38. The first-order valence-corrected chi connectivity index (χ1v) is 9.31. The lowest BCUT2D eigenvalue weighted by molar-refractivity contribution is -0.137. The van der Waals surface area contributed by atoms with Gasteiger partial charge in [-0.25, -0.2) is 4.98 Å². The number of nitrogens with one attached hydrogen (secondary N) is 1. The Bertz CT molecular complexity index is 898. The summed E-state index contributed by atoms with van der Waals surface area (Å²) in [7, 11) is 1.48. The van der Waals surface area contributed by atoms with Gasteiger partial charge in [-0.1, -0.05) is 17.3 Å². The Balaban J connectivity index is 1.89. The average Bonchev–Trinajstić information content (AvgIpc) is 2.76. The normalized spacial score (nSPS) is 12.7. The maximum absolute atomic E-state index is 12.6. The van der Waals surface area contributed by atoms with Crippen molar-refractivity contribution in [3.05, 3.63) is 59.3 Å². The molecule has 1 aromatic heterocycles. The molecule has 0 saturated carbocycles. The number of aldehydes is 1. The molecule has 0 spiro atoms. The number of hydrogen-bond donors (Lipinski definition) is 1. The summed E-state index contributed by atoms with van der Waals surface area (Å²) in [4.78, 5) is 31.7. The molecule has 0 aliphatic carbocycles. The number of carbonyl (C=O) groups excluding carboxylic acids is 2. The lowest BCUT2D eigenvalue weighted by Gasteiger charge is -2.13. The van der Waals surface area contributed by atoms with Gasteiger partial charge >= 0.3 is 6.18 Å². The van der Waals surface area contributed by atoms with Gasteiger partial charge in [0.15, 0.2) is 0 Å². The minimum Gasteiger partial charge on any atom is -0.477 e. The van der Waals surface area contributed by atoms with Crippen molar-refractivity contribution < 1.29 is 32.3 Å². The van der Waals surface area contributed by atoms with Gasteiger partial charge in [-0.15, -0.1) is 0 Å². The number of aromatic nitrogens is 1. The van der Waals surface area contributed by atoms with Gasteiger partial charge < -0.3 is 19.7 Å². The molecule has 1 heterocycles. The first-order valence-electron chi connectivity index (χ1n) is 9.31. The Labute approximate surface area is 177 Å². The van der Waals surface area contributed by atoms with Crippen LogP contribution in [-0.4, -0.2) is 36.5 Å². The van der Waals surface area contributed by atoms with Gasteiger partial charge in [0.05, 0.1) is 17.2 Å². The zero-order valence-corrected chi connectivity index (χ0v) is 17.0. The van der Waals surface area contributed by atoms with E-state index < -0.39 is 17.7 Å². The molecule has 31 heavy (non-hydrogen) atoms. The number of alkyl halides is 3. The second-order valence-corrected chi connectivity index (χ2v) is 6.55. The Morgan fingerprint density at radius 3 is 2.48 bits per heavy atom. The Morgan fingerprint density at radius 2 is 1.94 bits per heavy atom. The second-order valence-electron chi connectivity index (χ2n) is 6.55. The van der Waals surface area contributed by atoms with Crippen LogP contribution in [0.1, 0.15) is 30.0 Å². The molecular weight excluding hydrogens is 415 g/mol. The van der Waals surface area contributed by atoms with Crippen molar-refractivity contribution in [3.63, 3.8) is 0 Å². The number of pyridine rings is 1. The van der Waals surface area contributed by atoms with Gasteiger partial charge in [-0.05, 0) is 30.7 Å². The quantitative estimate of drug-likeness (QED) is 0.350. The number of carbonyl (C=O) groups is 2. The summed E-state index contributed by atoms with van der Waals surface area (Å²) in [5.41, 5.74) is 0.982. The molecule has 0 aliphatic heterocycles. The summed E-state index contributed by atoms with van der Waals surface area (Å²) in [5.74, 6) is -0.621. The van der Waals surface area contributed by atoms with Crippen LogP contribution in [0.25, 0.3) is 0 Å². The van der Waals surface area contributed by atoms with E-state index in [2.05, 4.69) is 15.5 Å². The first kappa shape index (κ1) is 23.8. The zero-order chi connectivity index (χ0) is 22.9. The number of oxime groups is 1. The Morgan fingerprint density at radius 1 is 1.23 bits per heavy atom. The molecule has 2 rings (SSSR count). The maximum atomic E-state index is 12.6. The van der Waals surface area contributed by atoms with Crippen molar-refractivity contribution in [2.45, 2.75) is 26.1 Å². The number of rotatable bonds is 10. The van der Waals surface area contributed by atoms with E-state index in [-0.39, 0.29) is 31.4 Å². The largest absolute Gasteiger partial charge is 0.477 e. The standard InChI is InChI=1S/C21H22F3N3O4/c1-14(27-31-12-15-3-6-18(7-4-15)21(22,23)24)16-5-8-19(26-11-16)30-13-17(9-10-28)20(29)25-2/h3-8,10-11,17H,9,12-13H2,1-2H3,(H,25,29)/b27-14+. The molecule has 1 atom stereocenters. The van der Waals surface area contributed by atoms with Crippen molar-refractivity contribution in [1.29, 1.82) is 0 Å². The van der Waals surface area contributed by atoms with Crippen molar-refractivity contribution in [2.75, 3.05) is 13.7 Å². The monoisotopic (exact) mass is 437 g/mol. The third-order valence-corrected chi connectivity index (χ3v) is 4.30. The second kappa shape index (κ2) is 11.1. The molecule has 1 amide bonds. The summed E-state index contributed by atoms with van der Waals surface area (Å²) >= 11 is 0. The summed E-state index contributed by atoms with van der Waals surface area (Å²) in [5, 5.41) is 6.42. The molecule has 7 nitrogen and oxygen atoms in total. The fourth-order valence-electron chi connectivity index (χ4n) is 2.48. The highest BCUT2D eigenvalue weighted by Crippen LogP contribution is 2.29. The Kier molecular flexibility index (Phi) is 8.53. The average molecular weight is 437 g/mol. The van der Waals surface area contributed by atoms with Gasteiger partial charge in [0.25, 0.3) is 0 Å². The van der Waals surface area contributed by atoms with E-state index in [1.165, 1.54) is 25.4 Å². The van der Waals surface area contributed by atoms with Gasteiger partial charge in [-0.2, -0.15) is 13.2 Å². The highest BCUT2D eigenvalue weighted by Gasteiger charge is 2.29. The van der Waals surface area contributed by atoms with Crippen LogP contribution in [0.5, 0.6) is 5.88 Å². The van der Waals surface area contributed by atoms with E-state index in [1.54, 1.807) is 19.1 Å². The van der Waals surface area contributed by atoms with E-state index >= 15 is 0 Å². The number of ether oxygens (including phenoxy) is 1. The van der Waals surface area contributed by atoms with Crippen molar-refractivity contribution >= 4 is 17.9 Å². The van der Waals surface area contributed by atoms with Gasteiger partial charge in [0.2, 0.25) is 11.8 Å². The van der Waals surface area contributed by atoms with Gasteiger partial charge in [0, 0.05) is 31.3 Å². The van der Waals surface area contributed by atoms with E-state index in [1.807, 2.05) is 0 Å². The SMILES string of the molecule is CNC(=O)C(CC=O)COc1ccc(/C(C)=N/OCc2ccc(C(F)(F)F)cc2)cn1. The van der Waals surface area contributed by atoms with Crippen LogP contribution in [-0.2, 0) is 27.2 Å². The van der Waals surface area contributed by atoms with Crippen LogP contribution in [0, 0.1) is 5.92 Å². The van der Waals surface area contributed by atoms with E-state index in [9.17, 15) is 22.8 Å². The van der Waals surface area contributed by atoms with Crippen LogP contribution in [0.3, 0.4) is 0 Å². The zero-order valence-electron chi connectivity index (χ0n) is 17.0. The smallest absolute Gasteiger partial charge is 0.416 e. The van der Waals surface area contributed by atoms with E-state index in [4.69, 9.17) is 9.57 Å². The fraction of sp³-hybridized carbons (Fsp3) is 0.333. The number of halogens is 3. The van der Waals surface area contributed by atoms with Crippen molar-refractivity contribution in [1.82, 2.24) is 10.3 Å². The number of hydrogen-bond acceptors (Lipinski definition) is 6. The molecule has 166 valence electrons.